The van der Waals surface area contributed by atoms with Gasteiger partial charge in [0.25, 0.3) is 0 Å². The molecule has 1 heterocycles. The van der Waals surface area contributed by atoms with Gasteiger partial charge in [-0.3, -0.25) is 4.99 Å². The first-order valence-corrected chi connectivity index (χ1v) is 6.02. The molecule has 5 nitrogen and oxygen atoms in total. The first kappa shape index (κ1) is 17.2. The molecule has 0 unspecified atom stereocenters. The van der Waals surface area contributed by atoms with Gasteiger partial charge >= 0.3 is 0 Å². The number of aliphatic imine (C=N–C) groups is 1. The number of pyridine rings is 1. The standard InChI is InChI=1S/C14H15FN4O.HI/c1-17-14(16)19-9-10-6-7-18-13(8-10)20-12-4-2-11(15)3-5-12;/h2-8H,9H2,1H3,(H3,16,17,19);1H. The second-order valence-electron chi connectivity index (χ2n) is 4.02. The van der Waals surface area contributed by atoms with E-state index in [1.807, 2.05) is 6.07 Å². The smallest absolute Gasteiger partial charge is 0.219 e. The first-order valence-electron chi connectivity index (χ1n) is 6.02. The zero-order valence-corrected chi connectivity index (χ0v) is 13.7. The Labute approximate surface area is 139 Å². The molecule has 112 valence electrons. The predicted molar refractivity (Wildman–Crippen MR) is 90.5 cm³/mol. The molecule has 0 aliphatic heterocycles. The molecule has 0 saturated carbocycles. The molecule has 7 heteroatoms. The van der Waals surface area contributed by atoms with Crippen molar-refractivity contribution in [1.29, 1.82) is 0 Å². The maximum absolute atomic E-state index is 12.8. The van der Waals surface area contributed by atoms with Gasteiger partial charge in [-0.2, -0.15) is 0 Å². The van der Waals surface area contributed by atoms with E-state index in [9.17, 15) is 4.39 Å². The molecule has 1 aromatic carbocycles. The van der Waals surface area contributed by atoms with E-state index in [2.05, 4.69) is 15.3 Å². The van der Waals surface area contributed by atoms with Gasteiger partial charge in [0.1, 0.15) is 11.6 Å². The van der Waals surface area contributed by atoms with Crippen molar-refractivity contribution in [1.82, 2.24) is 10.3 Å². The average Bonchev–Trinajstić information content (AvgIpc) is 2.47. The van der Waals surface area contributed by atoms with Gasteiger partial charge in [-0.05, 0) is 35.9 Å². The van der Waals surface area contributed by atoms with Gasteiger partial charge in [-0.15, -0.1) is 24.0 Å². The highest BCUT2D eigenvalue weighted by Gasteiger charge is 2.01. The van der Waals surface area contributed by atoms with E-state index in [0.717, 1.165) is 5.56 Å². The van der Waals surface area contributed by atoms with Crippen LogP contribution >= 0.6 is 24.0 Å². The Hall–Kier alpha value is -1.90. The molecule has 0 aliphatic rings. The van der Waals surface area contributed by atoms with Crippen LogP contribution in [0.4, 0.5) is 4.39 Å². The zero-order chi connectivity index (χ0) is 14.4. The van der Waals surface area contributed by atoms with Crippen LogP contribution in [0.2, 0.25) is 0 Å². The van der Waals surface area contributed by atoms with Gasteiger partial charge in [0.05, 0.1) is 0 Å². The maximum atomic E-state index is 12.8. The molecule has 0 amide bonds. The third kappa shape index (κ3) is 5.54. The van der Waals surface area contributed by atoms with Crippen LogP contribution in [-0.4, -0.2) is 18.0 Å². The first-order chi connectivity index (χ1) is 9.67. The average molecular weight is 402 g/mol. The van der Waals surface area contributed by atoms with Gasteiger partial charge < -0.3 is 15.8 Å². The number of aromatic nitrogens is 1. The van der Waals surface area contributed by atoms with E-state index in [-0.39, 0.29) is 29.8 Å². The fourth-order valence-corrected chi connectivity index (χ4v) is 1.51. The Bertz CT molecular complexity index is 604. The Balaban J connectivity index is 0.00000220. The van der Waals surface area contributed by atoms with Crippen molar-refractivity contribution in [3.63, 3.8) is 0 Å². The highest BCUT2D eigenvalue weighted by molar-refractivity contribution is 14.0. The molecule has 0 radical (unpaired) electrons. The Morgan fingerprint density at radius 3 is 2.71 bits per heavy atom. The van der Waals surface area contributed by atoms with E-state index in [1.165, 1.54) is 12.1 Å². The molecular formula is C14H16FIN4O. The van der Waals surface area contributed by atoms with Gasteiger partial charge in [-0.25, -0.2) is 9.37 Å². The second-order valence-corrected chi connectivity index (χ2v) is 4.02. The van der Waals surface area contributed by atoms with Gasteiger partial charge in [0.2, 0.25) is 5.88 Å². The van der Waals surface area contributed by atoms with Crippen LogP contribution < -0.4 is 15.8 Å². The molecule has 3 N–H and O–H groups in total. The number of nitrogens with two attached hydrogens (primary N) is 1. The number of hydrogen-bond donors (Lipinski definition) is 2. The Kier molecular flexibility index (Phi) is 6.86. The lowest BCUT2D eigenvalue weighted by atomic mass is 10.2. The minimum atomic E-state index is -0.308. The van der Waals surface area contributed by atoms with Gasteiger partial charge in [0.15, 0.2) is 5.96 Å². The van der Waals surface area contributed by atoms with Crippen molar-refractivity contribution < 1.29 is 9.13 Å². The summed E-state index contributed by atoms with van der Waals surface area (Å²) >= 11 is 0. The molecule has 0 aliphatic carbocycles. The molecular weight excluding hydrogens is 386 g/mol. The number of hydrogen-bond acceptors (Lipinski definition) is 3. The quantitative estimate of drug-likeness (QED) is 0.469. The summed E-state index contributed by atoms with van der Waals surface area (Å²) in [6.07, 6.45) is 1.63. The third-order valence-corrected chi connectivity index (χ3v) is 2.55. The lowest BCUT2D eigenvalue weighted by Crippen LogP contribution is -2.30. The van der Waals surface area contributed by atoms with E-state index < -0.39 is 0 Å². The fraction of sp³-hybridized carbons (Fsp3) is 0.143. The topological polar surface area (TPSA) is 72.5 Å². The van der Waals surface area contributed by atoms with Crippen molar-refractivity contribution in [3.05, 3.63) is 54.0 Å². The molecule has 0 saturated heterocycles. The normalized spacial score (nSPS) is 10.7. The van der Waals surface area contributed by atoms with Crippen molar-refractivity contribution in [2.75, 3.05) is 7.05 Å². The van der Waals surface area contributed by atoms with Crippen LogP contribution in [0, 0.1) is 5.82 Å². The lowest BCUT2D eigenvalue weighted by Gasteiger charge is -2.08. The summed E-state index contributed by atoms with van der Waals surface area (Å²) < 4.78 is 18.3. The maximum Gasteiger partial charge on any atom is 0.219 e. The van der Waals surface area contributed by atoms with Crippen molar-refractivity contribution in [2.45, 2.75) is 6.54 Å². The number of nitrogens with one attached hydrogen (secondary N) is 1. The van der Waals surface area contributed by atoms with E-state index >= 15 is 0 Å². The molecule has 0 fully saturated rings. The molecule has 2 aromatic rings. The zero-order valence-electron chi connectivity index (χ0n) is 11.4. The minimum absolute atomic E-state index is 0. The summed E-state index contributed by atoms with van der Waals surface area (Å²) in [5, 5.41) is 2.94. The number of rotatable bonds is 4. The van der Waals surface area contributed by atoms with Crippen LogP contribution in [0.3, 0.4) is 0 Å². The summed E-state index contributed by atoms with van der Waals surface area (Å²) in [4.78, 5) is 7.90. The summed E-state index contributed by atoms with van der Waals surface area (Å²) in [6.45, 7) is 0.519. The Morgan fingerprint density at radius 1 is 1.33 bits per heavy atom. The highest BCUT2D eigenvalue weighted by atomic mass is 127. The second kappa shape index (κ2) is 8.40. The molecule has 0 spiro atoms. The fourth-order valence-electron chi connectivity index (χ4n) is 1.51. The summed E-state index contributed by atoms with van der Waals surface area (Å²) in [5.41, 5.74) is 6.50. The predicted octanol–water partition coefficient (Wildman–Crippen LogP) is 2.67. The van der Waals surface area contributed by atoms with Gasteiger partial charge in [0, 0.05) is 25.9 Å². The van der Waals surface area contributed by atoms with Crippen molar-refractivity contribution in [2.24, 2.45) is 10.7 Å². The number of guanidine groups is 1. The molecule has 0 atom stereocenters. The number of benzene rings is 1. The van der Waals surface area contributed by atoms with Crippen LogP contribution in [0.15, 0.2) is 47.6 Å². The van der Waals surface area contributed by atoms with E-state index in [1.54, 1.807) is 31.4 Å². The van der Waals surface area contributed by atoms with Crippen molar-refractivity contribution in [3.8, 4) is 11.6 Å². The third-order valence-electron chi connectivity index (χ3n) is 2.55. The molecule has 1 aromatic heterocycles. The van der Waals surface area contributed by atoms with Crippen molar-refractivity contribution >= 4 is 29.9 Å². The Morgan fingerprint density at radius 2 is 2.05 bits per heavy atom. The summed E-state index contributed by atoms with van der Waals surface area (Å²) in [6, 6.07) is 9.37. The number of halogens is 2. The molecule has 21 heavy (non-hydrogen) atoms. The van der Waals surface area contributed by atoms with Crippen LogP contribution in [0.5, 0.6) is 11.6 Å². The minimum Gasteiger partial charge on any atom is -0.439 e. The summed E-state index contributed by atoms with van der Waals surface area (Å²) in [5.74, 6) is 1.02. The number of ether oxygens (including phenoxy) is 1. The van der Waals surface area contributed by atoms with Gasteiger partial charge in [-0.1, -0.05) is 0 Å². The number of nitrogens with zero attached hydrogens (tertiary/aromatic N) is 2. The monoisotopic (exact) mass is 402 g/mol. The van der Waals surface area contributed by atoms with E-state index in [4.69, 9.17) is 10.5 Å². The summed E-state index contributed by atoms with van der Waals surface area (Å²) in [7, 11) is 1.61. The largest absolute Gasteiger partial charge is 0.439 e. The molecule has 0 bridgehead atoms. The van der Waals surface area contributed by atoms with E-state index in [0.29, 0.717) is 24.1 Å². The van der Waals surface area contributed by atoms with Crippen LogP contribution in [-0.2, 0) is 6.54 Å². The SMILES string of the molecule is CN=C(N)NCc1ccnc(Oc2ccc(F)cc2)c1.I. The lowest BCUT2D eigenvalue weighted by molar-refractivity contribution is 0.460. The van der Waals surface area contributed by atoms with Crippen LogP contribution in [0.1, 0.15) is 5.56 Å². The van der Waals surface area contributed by atoms with Crippen LogP contribution in [0.25, 0.3) is 0 Å². The highest BCUT2D eigenvalue weighted by Crippen LogP contribution is 2.20. The molecule has 2 rings (SSSR count).